The summed E-state index contributed by atoms with van der Waals surface area (Å²) in [5.74, 6) is 0. The van der Waals surface area contributed by atoms with Gasteiger partial charge in [-0.3, -0.25) is 4.48 Å². The molecule has 31 heavy (non-hydrogen) atoms. The van der Waals surface area contributed by atoms with Gasteiger partial charge in [0.25, 0.3) is 0 Å². The largest absolute Gasteiger partial charge is 1.00 e. The zero-order valence-corrected chi connectivity index (χ0v) is 23.7. The van der Waals surface area contributed by atoms with Crippen LogP contribution in [-0.4, -0.2) is 35.5 Å². The van der Waals surface area contributed by atoms with Gasteiger partial charge in [-0.15, -0.1) is 0 Å². The molecule has 1 atom stereocenters. The van der Waals surface area contributed by atoms with Crippen LogP contribution < -0.4 is 17.0 Å². The summed E-state index contributed by atoms with van der Waals surface area (Å²) in [4.78, 5) is 0. The van der Waals surface area contributed by atoms with Gasteiger partial charge in [0.2, 0.25) is 0 Å². The van der Waals surface area contributed by atoms with Crippen molar-refractivity contribution < 1.29 is 26.6 Å². The van der Waals surface area contributed by atoms with Crippen LogP contribution in [0.4, 0.5) is 0 Å². The van der Waals surface area contributed by atoms with Crippen LogP contribution in [0.5, 0.6) is 0 Å². The van der Waals surface area contributed by atoms with Gasteiger partial charge in [0, 0.05) is 6.42 Å². The van der Waals surface area contributed by atoms with Crippen molar-refractivity contribution in [3.05, 3.63) is 0 Å². The summed E-state index contributed by atoms with van der Waals surface area (Å²) in [5, 5.41) is 11.4. The van der Waals surface area contributed by atoms with Gasteiger partial charge in [0.1, 0.15) is 0 Å². The molecule has 3 heteroatoms. The third-order valence-corrected chi connectivity index (χ3v) is 7.07. The van der Waals surface area contributed by atoms with Gasteiger partial charge in [0.05, 0.1) is 19.6 Å². The highest BCUT2D eigenvalue weighted by Crippen LogP contribution is 2.24. The Morgan fingerprint density at radius 1 is 0.452 bits per heavy atom. The number of rotatable bonds is 24. The van der Waals surface area contributed by atoms with Gasteiger partial charge in [-0.25, -0.2) is 0 Å². The van der Waals surface area contributed by atoms with Crippen LogP contribution in [0.1, 0.15) is 156 Å². The lowest BCUT2D eigenvalue weighted by molar-refractivity contribution is -0.972. The molecule has 2 nitrogen and oxygen atoms in total. The van der Waals surface area contributed by atoms with Crippen molar-refractivity contribution in [2.45, 2.75) is 162 Å². The lowest BCUT2D eigenvalue weighted by Crippen LogP contribution is -3.00. The average molecular weight is 507 g/mol. The minimum Gasteiger partial charge on any atom is -1.00 e. The molecule has 0 aliphatic rings. The van der Waals surface area contributed by atoms with E-state index in [0.717, 1.165) is 10.9 Å². The predicted molar refractivity (Wildman–Crippen MR) is 136 cm³/mol. The molecule has 0 saturated heterocycles. The Hall–Kier alpha value is 0.400. The third kappa shape index (κ3) is 18.5. The molecule has 1 N–H and O–H groups in total. The fourth-order valence-corrected chi connectivity index (χ4v) is 4.90. The lowest BCUT2D eigenvalue weighted by Gasteiger charge is -2.43. The van der Waals surface area contributed by atoms with Crippen molar-refractivity contribution in [2.24, 2.45) is 0 Å². The number of hydrogen-bond acceptors (Lipinski definition) is 1. The molecule has 0 aromatic heterocycles. The van der Waals surface area contributed by atoms with E-state index < -0.39 is 0 Å². The lowest BCUT2D eigenvalue weighted by atomic mass is 10.0. The first kappa shape index (κ1) is 33.6. The molecule has 0 fully saturated rings. The van der Waals surface area contributed by atoms with Crippen molar-refractivity contribution in [3.63, 3.8) is 0 Å². The molecule has 0 radical (unpaired) electrons. The Morgan fingerprint density at radius 3 is 1.06 bits per heavy atom. The van der Waals surface area contributed by atoms with E-state index in [1.807, 2.05) is 0 Å². The van der Waals surface area contributed by atoms with Crippen LogP contribution in [-0.2, 0) is 0 Å². The number of quaternary nitrogens is 1. The number of hydrogen-bond donors (Lipinski definition) is 1. The molecule has 0 aromatic rings. The molecular formula is C28H60BrNO. The molecule has 0 spiro atoms. The van der Waals surface area contributed by atoms with E-state index in [2.05, 4.69) is 27.7 Å². The summed E-state index contributed by atoms with van der Waals surface area (Å²) >= 11 is 0. The van der Waals surface area contributed by atoms with Crippen molar-refractivity contribution in [1.29, 1.82) is 0 Å². The highest BCUT2D eigenvalue weighted by molar-refractivity contribution is 4.57. The van der Waals surface area contributed by atoms with Crippen molar-refractivity contribution in [2.75, 3.05) is 19.6 Å². The maximum absolute atomic E-state index is 11.4. The molecule has 0 amide bonds. The van der Waals surface area contributed by atoms with Crippen LogP contribution in [0, 0.1) is 0 Å². The number of halogens is 1. The van der Waals surface area contributed by atoms with Crippen LogP contribution in [0.3, 0.4) is 0 Å². The van der Waals surface area contributed by atoms with E-state index in [4.69, 9.17) is 0 Å². The minimum atomic E-state index is -0.134. The number of aliphatic hydroxyl groups excluding tert-OH is 1. The van der Waals surface area contributed by atoms with Gasteiger partial charge in [-0.2, -0.15) is 0 Å². The van der Waals surface area contributed by atoms with Gasteiger partial charge < -0.3 is 22.1 Å². The average Bonchev–Trinajstić information content (AvgIpc) is 2.75. The Kier molecular flexibility index (Phi) is 27.1. The van der Waals surface area contributed by atoms with Crippen molar-refractivity contribution in [3.8, 4) is 0 Å². The Balaban J connectivity index is 0. The zero-order chi connectivity index (χ0) is 22.3. The topological polar surface area (TPSA) is 20.2 Å². The second-order valence-electron chi connectivity index (χ2n) is 9.96. The quantitative estimate of drug-likeness (QED) is 0.0966. The molecule has 0 aliphatic heterocycles. The molecule has 190 valence electrons. The second-order valence-corrected chi connectivity index (χ2v) is 9.96. The first-order valence-corrected chi connectivity index (χ1v) is 14.2. The molecule has 0 saturated carbocycles. The number of nitrogens with zero attached hydrogens (tertiary/aromatic N) is 1. The number of unbranched alkanes of at least 4 members (excludes halogenated alkanes) is 15. The minimum absolute atomic E-state index is 0. The van der Waals surface area contributed by atoms with E-state index in [1.54, 1.807) is 0 Å². The van der Waals surface area contributed by atoms with Gasteiger partial charge in [-0.05, 0) is 44.9 Å². The molecule has 0 aliphatic carbocycles. The molecule has 0 heterocycles. The summed E-state index contributed by atoms with van der Waals surface area (Å²) in [6.07, 6.45) is 26.1. The van der Waals surface area contributed by atoms with Crippen LogP contribution >= 0.6 is 0 Å². The van der Waals surface area contributed by atoms with E-state index in [1.165, 1.54) is 142 Å². The Labute approximate surface area is 208 Å². The molecule has 1 unspecified atom stereocenters. The fraction of sp³-hybridized carbons (Fsp3) is 1.00. The van der Waals surface area contributed by atoms with Crippen LogP contribution in [0.2, 0.25) is 0 Å². The Morgan fingerprint density at radius 2 is 0.742 bits per heavy atom. The van der Waals surface area contributed by atoms with E-state index >= 15 is 0 Å². The first-order chi connectivity index (χ1) is 14.7. The molecular weight excluding hydrogens is 446 g/mol. The van der Waals surface area contributed by atoms with Crippen LogP contribution in [0.15, 0.2) is 0 Å². The molecule has 0 rings (SSSR count). The van der Waals surface area contributed by atoms with E-state index in [0.29, 0.717) is 0 Å². The zero-order valence-electron chi connectivity index (χ0n) is 22.1. The summed E-state index contributed by atoms with van der Waals surface area (Å²) < 4.78 is 1.01. The SMILES string of the molecule is CCCCCCC[N+](CCCCCCC)(CCCCCCC)C(O)CCCCCC.[Br-]. The third-order valence-electron chi connectivity index (χ3n) is 7.07. The fourth-order valence-electron chi connectivity index (χ4n) is 4.90. The predicted octanol–water partition coefficient (Wildman–Crippen LogP) is 6.01. The maximum Gasteiger partial charge on any atom is 0.190 e. The van der Waals surface area contributed by atoms with Gasteiger partial charge in [0.15, 0.2) is 6.23 Å². The highest BCUT2D eigenvalue weighted by Gasteiger charge is 2.34. The summed E-state index contributed by atoms with van der Waals surface area (Å²) in [6, 6.07) is 0. The standard InChI is InChI=1S/C28H60NO.BrH/c1-5-9-13-17-21-25-29(26-22-18-14-10-6-2,27-23-19-15-11-7-3)28(30)24-20-16-12-8-4;/h28,30H,5-27H2,1-4H3;1H/q+1;/p-1. The number of aliphatic hydroxyl groups is 1. The molecule has 0 bridgehead atoms. The summed E-state index contributed by atoms with van der Waals surface area (Å²) in [6.45, 7) is 12.8. The normalized spacial score (nSPS) is 12.7. The van der Waals surface area contributed by atoms with Crippen LogP contribution in [0.25, 0.3) is 0 Å². The van der Waals surface area contributed by atoms with Gasteiger partial charge in [-0.1, -0.05) is 105 Å². The monoisotopic (exact) mass is 505 g/mol. The first-order valence-electron chi connectivity index (χ1n) is 14.2. The highest BCUT2D eigenvalue weighted by atomic mass is 79.9. The van der Waals surface area contributed by atoms with E-state index in [-0.39, 0.29) is 23.2 Å². The summed E-state index contributed by atoms with van der Waals surface area (Å²) in [7, 11) is 0. The summed E-state index contributed by atoms with van der Waals surface area (Å²) in [5.41, 5.74) is 0. The van der Waals surface area contributed by atoms with Crippen molar-refractivity contribution in [1.82, 2.24) is 0 Å². The smallest absolute Gasteiger partial charge is 0.190 e. The molecule has 0 aromatic carbocycles. The second kappa shape index (κ2) is 25.0. The maximum atomic E-state index is 11.4. The Bertz CT molecular complexity index is 301. The van der Waals surface area contributed by atoms with Crippen molar-refractivity contribution >= 4 is 0 Å². The van der Waals surface area contributed by atoms with E-state index in [9.17, 15) is 5.11 Å². The van der Waals surface area contributed by atoms with Gasteiger partial charge >= 0.3 is 0 Å².